The fourth-order valence-electron chi connectivity index (χ4n) is 4.67. The molecule has 1 saturated heterocycles. The Bertz CT molecular complexity index is 1320. The number of nitriles is 1. The summed E-state index contributed by atoms with van der Waals surface area (Å²) in [5, 5.41) is 16.9. The molecule has 3 aromatic rings. The van der Waals surface area contributed by atoms with Crippen molar-refractivity contribution in [1.82, 2.24) is 24.6 Å². The molecule has 2 aromatic heterocycles. The standard InChI is InChI=1S/C25H23FN8O/c1-28-21-12-25(13-21,8-9-27)34-15-18(14-30-34)22-6-10-29-24(32-22)31-20-4-2-17(3-5-20)23(35)33-11-7-19(26)16-33/h2-6,10,14-15,19,21H,7-8,11-13,16H2,(H,29,31,32)/t19-,21?,25?/m0/s1. The van der Waals surface area contributed by atoms with Crippen LogP contribution in [0.15, 0.2) is 48.9 Å². The Labute approximate surface area is 202 Å². The number of hydrogen-bond donors (Lipinski definition) is 1. The summed E-state index contributed by atoms with van der Waals surface area (Å²) < 4.78 is 15.2. The first-order valence-corrected chi connectivity index (χ1v) is 11.4. The van der Waals surface area contributed by atoms with Gasteiger partial charge in [-0.3, -0.25) is 9.48 Å². The fourth-order valence-corrected chi connectivity index (χ4v) is 4.67. The Morgan fingerprint density at radius 2 is 2.11 bits per heavy atom. The molecule has 0 spiro atoms. The number of benzene rings is 1. The third kappa shape index (κ3) is 4.43. The summed E-state index contributed by atoms with van der Waals surface area (Å²) in [7, 11) is 0. The minimum absolute atomic E-state index is 0.0662. The van der Waals surface area contributed by atoms with Crippen molar-refractivity contribution in [2.45, 2.75) is 43.4 Å². The van der Waals surface area contributed by atoms with E-state index in [1.165, 1.54) is 4.90 Å². The summed E-state index contributed by atoms with van der Waals surface area (Å²) in [6.07, 6.45) is 6.20. The molecule has 2 fully saturated rings. The molecule has 1 saturated carbocycles. The van der Waals surface area contributed by atoms with E-state index in [1.807, 2.05) is 6.20 Å². The van der Waals surface area contributed by atoms with Crippen molar-refractivity contribution < 1.29 is 9.18 Å². The van der Waals surface area contributed by atoms with E-state index >= 15 is 0 Å². The predicted molar refractivity (Wildman–Crippen MR) is 126 cm³/mol. The lowest BCUT2D eigenvalue weighted by Gasteiger charge is -2.40. The zero-order valence-corrected chi connectivity index (χ0v) is 18.9. The number of hydrogen-bond acceptors (Lipinski definition) is 6. The van der Waals surface area contributed by atoms with Gasteiger partial charge in [-0.2, -0.15) is 10.4 Å². The monoisotopic (exact) mass is 470 g/mol. The molecule has 2 aliphatic rings. The van der Waals surface area contributed by atoms with Crippen LogP contribution in [0.3, 0.4) is 0 Å². The SMILES string of the molecule is [C-]#[N+]C1CC(CC#N)(n2cc(-c3ccnc(Nc4ccc(C(=O)N5CC[C@H](F)C5)cc4)n3)cn2)C1. The number of carbonyl (C=O) groups excluding carboxylic acids is 1. The van der Waals surface area contributed by atoms with E-state index < -0.39 is 11.7 Å². The van der Waals surface area contributed by atoms with Crippen LogP contribution in [0.25, 0.3) is 16.1 Å². The van der Waals surface area contributed by atoms with Gasteiger partial charge in [-0.1, -0.05) is 0 Å². The van der Waals surface area contributed by atoms with Gasteiger partial charge in [0.2, 0.25) is 12.0 Å². The van der Waals surface area contributed by atoms with Gasteiger partial charge < -0.3 is 15.1 Å². The fraction of sp³-hybridized carbons (Fsp3) is 0.360. The van der Waals surface area contributed by atoms with Gasteiger partial charge in [-0.25, -0.2) is 20.9 Å². The van der Waals surface area contributed by atoms with Gasteiger partial charge in [0.05, 0.1) is 36.5 Å². The minimum Gasteiger partial charge on any atom is -0.336 e. The molecule has 1 aliphatic heterocycles. The zero-order chi connectivity index (χ0) is 24.4. The molecule has 0 unspecified atom stereocenters. The number of rotatable bonds is 6. The lowest BCUT2D eigenvalue weighted by molar-refractivity contribution is 0.0783. The maximum Gasteiger partial charge on any atom is 0.253 e. The molecular formula is C25H23FN8O. The van der Waals surface area contributed by atoms with E-state index in [4.69, 9.17) is 6.57 Å². The van der Waals surface area contributed by atoms with Gasteiger partial charge in [0, 0.05) is 48.6 Å². The summed E-state index contributed by atoms with van der Waals surface area (Å²) in [5.74, 6) is 0.216. The maximum atomic E-state index is 13.4. The highest BCUT2D eigenvalue weighted by atomic mass is 19.1. The minimum atomic E-state index is -0.947. The van der Waals surface area contributed by atoms with Gasteiger partial charge in [-0.05, 0) is 36.8 Å². The Kier molecular flexibility index (Phi) is 5.87. The first-order valence-electron chi connectivity index (χ1n) is 11.4. The van der Waals surface area contributed by atoms with Gasteiger partial charge in [0.1, 0.15) is 6.17 Å². The van der Waals surface area contributed by atoms with E-state index in [0.717, 1.165) is 5.56 Å². The lowest BCUT2D eigenvalue weighted by atomic mass is 9.71. The summed E-state index contributed by atoms with van der Waals surface area (Å²) >= 11 is 0. The van der Waals surface area contributed by atoms with Crippen LogP contribution in [-0.4, -0.2) is 55.9 Å². The molecule has 0 bridgehead atoms. The van der Waals surface area contributed by atoms with Crippen molar-refractivity contribution in [3.05, 3.63) is 65.9 Å². The predicted octanol–water partition coefficient (Wildman–Crippen LogP) is 3.96. The second kappa shape index (κ2) is 9.15. The van der Waals surface area contributed by atoms with E-state index in [1.54, 1.807) is 47.4 Å². The molecule has 176 valence electrons. The molecule has 5 rings (SSSR count). The first kappa shape index (κ1) is 22.5. The average Bonchev–Trinajstić information content (AvgIpc) is 3.51. The van der Waals surface area contributed by atoms with Crippen LogP contribution in [0, 0.1) is 17.9 Å². The highest BCUT2D eigenvalue weighted by Gasteiger charge is 2.50. The van der Waals surface area contributed by atoms with Gasteiger partial charge >= 0.3 is 0 Å². The second-order valence-corrected chi connectivity index (χ2v) is 9.03. The summed E-state index contributed by atoms with van der Waals surface area (Å²) in [6, 6.07) is 10.9. The van der Waals surface area contributed by atoms with Crippen LogP contribution < -0.4 is 5.32 Å². The van der Waals surface area contributed by atoms with Crippen LogP contribution in [-0.2, 0) is 5.54 Å². The van der Waals surface area contributed by atoms with Crippen LogP contribution in [0.4, 0.5) is 16.0 Å². The Morgan fingerprint density at radius 3 is 2.80 bits per heavy atom. The van der Waals surface area contributed by atoms with E-state index in [-0.39, 0.29) is 18.5 Å². The highest BCUT2D eigenvalue weighted by molar-refractivity contribution is 5.94. The van der Waals surface area contributed by atoms with E-state index in [9.17, 15) is 14.4 Å². The van der Waals surface area contributed by atoms with Crippen molar-refractivity contribution >= 4 is 17.5 Å². The van der Waals surface area contributed by atoms with Gasteiger partial charge in [-0.15, -0.1) is 0 Å². The number of anilines is 2. The van der Waals surface area contributed by atoms with Crippen LogP contribution in [0.5, 0.6) is 0 Å². The molecule has 35 heavy (non-hydrogen) atoms. The normalized spacial score (nSPS) is 23.2. The number of likely N-dealkylation sites (tertiary alicyclic amines) is 1. The summed E-state index contributed by atoms with van der Waals surface area (Å²) in [6.45, 7) is 7.81. The smallest absolute Gasteiger partial charge is 0.253 e. The molecule has 1 N–H and O–H groups in total. The third-order valence-corrected chi connectivity index (χ3v) is 6.65. The quantitative estimate of drug-likeness (QED) is 0.547. The number of nitrogens with zero attached hydrogens (tertiary/aromatic N) is 7. The van der Waals surface area contributed by atoms with E-state index in [2.05, 4.69) is 31.3 Å². The van der Waals surface area contributed by atoms with Gasteiger partial charge in [0.15, 0.2) is 0 Å². The van der Waals surface area contributed by atoms with Crippen molar-refractivity contribution in [3.63, 3.8) is 0 Å². The lowest BCUT2D eigenvalue weighted by Crippen LogP contribution is -2.48. The number of aromatic nitrogens is 4. The second-order valence-electron chi connectivity index (χ2n) is 9.03. The van der Waals surface area contributed by atoms with E-state index in [0.29, 0.717) is 55.1 Å². The molecule has 0 radical (unpaired) electrons. The maximum absolute atomic E-state index is 13.4. The van der Waals surface area contributed by atoms with Crippen molar-refractivity contribution in [2.75, 3.05) is 18.4 Å². The van der Waals surface area contributed by atoms with Crippen molar-refractivity contribution in [3.8, 4) is 17.3 Å². The van der Waals surface area contributed by atoms with Crippen molar-refractivity contribution in [2.24, 2.45) is 0 Å². The third-order valence-electron chi connectivity index (χ3n) is 6.65. The van der Waals surface area contributed by atoms with Gasteiger partial charge in [0.25, 0.3) is 5.91 Å². The number of amides is 1. The molecule has 1 aliphatic carbocycles. The summed E-state index contributed by atoms with van der Waals surface area (Å²) in [5.41, 5.74) is 2.25. The number of alkyl halides is 1. The highest BCUT2D eigenvalue weighted by Crippen LogP contribution is 2.44. The molecule has 1 atom stereocenters. The number of carbonyl (C=O) groups is 1. The Morgan fingerprint density at radius 1 is 1.31 bits per heavy atom. The number of halogens is 1. The van der Waals surface area contributed by atoms with Crippen LogP contribution in [0.2, 0.25) is 0 Å². The van der Waals surface area contributed by atoms with Crippen LogP contribution in [0.1, 0.15) is 36.0 Å². The zero-order valence-electron chi connectivity index (χ0n) is 18.9. The molecular weight excluding hydrogens is 447 g/mol. The van der Waals surface area contributed by atoms with Crippen molar-refractivity contribution in [1.29, 1.82) is 5.26 Å². The number of nitrogens with one attached hydrogen (secondary N) is 1. The average molecular weight is 471 g/mol. The topological polar surface area (TPSA) is 104 Å². The Hall–Kier alpha value is -4.31. The summed E-state index contributed by atoms with van der Waals surface area (Å²) in [4.78, 5) is 26.5. The van der Waals surface area contributed by atoms with Crippen LogP contribution >= 0.6 is 0 Å². The molecule has 10 heteroatoms. The molecule has 1 amide bonds. The Balaban J connectivity index is 1.28. The first-order chi connectivity index (χ1) is 17.0. The largest absolute Gasteiger partial charge is 0.336 e. The molecule has 9 nitrogen and oxygen atoms in total. The molecule has 3 heterocycles. The molecule has 1 aromatic carbocycles.